The van der Waals surface area contributed by atoms with Crippen molar-refractivity contribution >= 4 is 28.4 Å². The van der Waals surface area contributed by atoms with Crippen molar-refractivity contribution in [1.82, 2.24) is 15.2 Å². The van der Waals surface area contributed by atoms with Crippen LogP contribution in [0.25, 0.3) is 22.3 Å². The van der Waals surface area contributed by atoms with Gasteiger partial charge in [0.15, 0.2) is 5.65 Å². The number of nitrogens with zero attached hydrogens (tertiary/aromatic N) is 2. The Kier molecular flexibility index (Phi) is 4.92. The van der Waals surface area contributed by atoms with Crippen LogP contribution < -0.4 is 11.1 Å². The summed E-state index contributed by atoms with van der Waals surface area (Å²) in [6, 6.07) is 12.4. The quantitative estimate of drug-likeness (QED) is 0.395. The van der Waals surface area contributed by atoms with Crippen molar-refractivity contribution < 1.29 is 9.18 Å². The van der Waals surface area contributed by atoms with Gasteiger partial charge in [0, 0.05) is 16.8 Å². The molecule has 2 heterocycles. The number of fused-ring (bicyclic) bond motifs is 3. The van der Waals surface area contributed by atoms with Crippen LogP contribution >= 0.6 is 0 Å². The van der Waals surface area contributed by atoms with Gasteiger partial charge in [-0.1, -0.05) is 32.0 Å². The van der Waals surface area contributed by atoms with E-state index in [0.717, 1.165) is 35.0 Å². The van der Waals surface area contributed by atoms with E-state index in [1.54, 1.807) is 24.3 Å². The number of nitrogen functional groups attached to an aromatic ring is 1. The Balaban J connectivity index is 1.57. The number of rotatable bonds is 4. The third kappa shape index (κ3) is 3.73. The highest BCUT2D eigenvalue weighted by atomic mass is 19.1. The molecule has 0 saturated carbocycles. The number of H-pyrrole nitrogens is 1. The SMILES string of the molecule is Cc1ccc(NC(=O)c2cccc(CF)c2)cc1-c1nc2n[nH]c(N)c2c2c1CC(C)(C)C2. The van der Waals surface area contributed by atoms with E-state index in [4.69, 9.17) is 10.7 Å². The molecule has 0 saturated heterocycles. The Bertz CT molecular complexity index is 1410. The molecule has 0 atom stereocenters. The van der Waals surface area contributed by atoms with E-state index in [-0.39, 0.29) is 11.3 Å². The van der Waals surface area contributed by atoms with Gasteiger partial charge in [-0.3, -0.25) is 9.89 Å². The Hall–Kier alpha value is -3.74. The van der Waals surface area contributed by atoms with E-state index in [2.05, 4.69) is 29.4 Å². The number of alkyl halides is 1. The number of aromatic nitrogens is 3. The third-order valence-corrected chi connectivity index (χ3v) is 6.35. The second kappa shape index (κ2) is 7.69. The molecule has 0 aliphatic heterocycles. The monoisotopic (exact) mass is 443 g/mol. The van der Waals surface area contributed by atoms with Crippen LogP contribution in [0.3, 0.4) is 0 Å². The summed E-state index contributed by atoms with van der Waals surface area (Å²) in [7, 11) is 0. The summed E-state index contributed by atoms with van der Waals surface area (Å²) < 4.78 is 13.0. The molecule has 7 heteroatoms. The summed E-state index contributed by atoms with van der Waals surface area (Å²) in [6.07, 6.45) is 1.79. The maximum atomic E-state index is 13.0. The Morgan fingerprint density at radius 3 is 2.76 bits per heavy atom. The lowest BCUT2D eigenvalue weighted by Gasteiger charge is -2.16. The van der Waals surface area contributed by atoms with Crippen LogP contribution in [0.1, 0.15) is 46.5 Å². The average molecular weight is 444 g/mol. The van der Waals surface area contributed by atoms with E-state index in [1.165, 1.54) is 11.1 Å². The zero-order chi connectivity index (χ0) is 23.3. The van der Waals surface area contributed by atoms with Crippen molar-refractivity contribution in [2.45, 2.75) is 40.3 Å². The van der Waals surface area contributed by atoms with E-state index in [1.807, 2.05) is 25.1 Å². The number of amides is 1. The second-order valence-corrected chi connectivity index (χ2v) is 9.59. The first-order valence-corrected chi connectivity index (χ1v) is 11.0. The van der Waals surface area contributed by atoms with Gasteiger partial charge in [0.05, 0.1) is 11.1 Å². The van der Waals surface area contributed by atoms with Gasteiger partial charge in [0.2, 0.25) is 0 Å². The van der Waals surface area contributed by atoms with Crippen molar-refractivity contribution in [2.24, 2.45) is 5.41 Å². The summed E-state index contributed by atoms with van der Waals surface area (Å²) in [6.45, 7) is 5.91. The van der Waals surface area contributed by atoms with Crippen LogP contribution in [0.2, 0.25) is 0 Å². The van der Waals surface area contributed by atoms with Crippen LogP contribution in [0.4, 0.5) is 15.9 Å². The number of halogens is 1. The van der Waals surface area contributed by atoms with Gasteiger partial charge in [-0.15, -0.1) is 0 Å². The molecule has 6 nitrogen and oxygen atoms in total. The number of nitrogens with two attached hydrogens (primary N) is 1. The van der Waals surface area contributed by atoms with Crippen molar-refractivity contribution in [3.05, 3.63) is 70.3 Å². The largest absolute Gasteiger partial charge is 0.384 e. The highest BCUT2D eigenvalue weighted by Gasteiger charge is 2.34. The molecule has 0 radical (unpaired) electrons. The van der Waals surface area contributed by atoms with Gasteiger partial charge in [0.1, 0.15) is 12.5 Å². The van der Waals surface area contributed by atoms with Crippen LogP contribution in [0.5, 0.6) is 0 Å². The molecule has 5 rings (SSSR count). The molecule has 1 aliphatic rings. The van der Waals surface area contributed by atoms with Gasteiger partial charge in [0.25, 0.3) is 5.91 Å². The number of carbonyl (C=O) groups excluding carboxylic acids is 1. The lowest BCUT2D eigenvalue weighted by Crippen LogP contribution is -2.12. The minimum Gasteiger partial charge on any atom is -0.384 e. The van der Waals surface area contributed by atoms with E-state index in [0.29, 0.717) is 28.3 Å². The first kappa shape index (κ1) is 21.1. The van der Waals surface area contributed by atoms with Gasteiger partial charge >= 0.3 is 0 Å². The molecule has 0 unspecified atom stereocenters. The molecule has 1 amide bonds. The van der Waals surface area contributed by atoms with Gasteiger partial charge in [-0.2, -0.15) is 5.10 Å². The van der Waals surface area contributed by atoms with Gasteiger partial charge in [-0.05, 0) is 71.7 Å². The van der Waals surface area contributed by atoms with Crippen molar-refractivity contribution in [2.75, 3.05) is 11.1 Å². The number of hydrogen-bond donors (Lipinski definition) is 3. The standard InChI is InChI=1S/C26H26FN5O/c1-14-7-8-17(29-25(33)16-6-4-5-15(9-16)13-27)10-18(14)22-20-12-26(2,3)11-19(20)21-23(28)31-32-24(21)30-22/h4-10H,11-13H2,1-3H3,(H,29,33)(H3,28,30,31,32). The third-order valence-electron chi connectivity index (χ3n) is 6.35. The average Bonchev–Trinajstić information content (AvgIpc) is 3.32. The maximum absolute atomic E-state index is 13.0. The Morgan fingerprint density at radius 1 is 1.18 bits per heavy atom. The smallest absolute Gasteiger partial charge is 0.255 e. The number of nitrogens with one attached hydrogen (secondary N) is 2. The summed E-state index contributed by atoms with van der Waals surface area (Å²) >= 11 is 0. The second-order valence-electron chi connectivity index (χ2n) is 9.59. The Labute approximate surface area is 191 Å². The molecule has 2 aromatic heterocycles. The first-order valence-electron chi connectivity index (χ1n) is 11.0. The molecule has 2 aromatic carbocycles. The topological polar surface area (TPSA) is 96.7 Å². The van der Waals surface area contributed by atoms with Crippen LogP contribution in [0, 0.1) is 12.3 Å². The summed E-state index contributed by atoms with van der Waals surface area (Å²) in [5.74, 6) is 0.265. The molecular formula is C26H26FN5O. The van der Waals surface area contributed by atoms with Crippen molar-refractivity contribution in [3.8, 4) is 11.3 Å². The number of benzene rings is 2. The zero-order valence-corrected chi connectivity index (χ0v) is 18.9. The Morgan fingerprint density at radius 2 is 1.97 bits per heavy atom. The molecule has 168 valence electrons. The minimum atomic E-state index is -0.608. The number of pyridine rings is 1. The lowest BCUT2D eigenvalue weighted by atomic mass is 9.89. The van der Waals surface area contributed by atoms with Gasteiger partial charge in [-0.25, -0.2) is 9.37 Å². The fraction of sp³-hybridized carbons (Fsp3) is 0.269. The van der Waals surface area contributed by atoms with E-state index >= 15 is 0 Å². The number of anilines is 2. The lowest BCUT2D eigenvalue weighted by molar-refractivity contribution is 0.102. The van der Waals surface area contributed by atoms with Crippen LogP contribution in [-0.4, -0.2) is 21.1 Å². The highest BCUT2D eigenvalue weighted by molar-refractivity contribution is 6.04. The van der Waals surface area contributed by atoms with Gasteiger partial charge < -0.3 is 11.1 Å². The van der Waals surface area contributed by atoms with E-state index in [9.17, 15) is 9.18 Å². The molecular weight excluding hydrogens is 417 g/mol. The fourth-order valence-electron chi connectivity index (χ4n) is 4.77. The normalized spacial score (nSPS) is 14.4. The van der Waals surface area contributed by atoms with Crippen LogP contribution in [0.15, 0.2) is 42.5 Å². The predicted octanol–water partition coefficient (Wildman–Crippen LogP) is 5.36. The molecule has 1 aliphatic carbocycles. The molecule has 0 fully saturated rings. The fourth-order valence-corrected chi connectivity index (χ4v) is 4.77. The molecule has 4 N–H and O–H groups in total. The predicted molar refractivity (Wildman–Crippen MR) is 129 cm³/mol. The number of aromatic amines is 1. The minimum absolute atomic E-state index is 0.0952. The highest BCUT2D eigenvalue weighted by Crippen LogP contribution is 2.45. The van der Waals surface area contributed by atoms with Crippen molar-refractivity contribution in [3.63, 3.8) is 0 Å². The first-order chi connectivity index (χ1) is 15.8. The number of aryl methyl sites for hydroxylation is 1. The number of hydrogen-bond acceptors (Lipinski definition) is 4. The molecule has 4 aromatic rings. The summed E-state index contributed by atoms with van der Waals surface area (Å²) in [5.41, 5.74) is 13.7. The zero-order valence-electron chi connectivity index (χ0n) is 18.9. The van der Waals surface area contributed by atoms with Crippen LogP contribution in [-0.2, 0) is 19.5 Å². The maximum Gasteiger partial charge on any atom is 0.255 e. The summed E-state index contributed by atoms with van der Waals surface area (Å²) in [5, 5.41) is 11.1. The number of carbonyl (C=O) groups is 1. The van der Waals surface area contributed by atoms with E-state index < -0.39 is 6.67 Å². The van der Waals surface area contributed by atoms with Crippen molar-refractivity contribution in [1.29, 1.82) is 0 Å². The molecule has 0 bridgehead atoms. The molecule has 0 spiro atoms. The molecule has 33 heavy (non-hydrogen) atoms. The summed E-state index contributed by atoms with van der Waals surface area (Å²) in [4.78, 5) is 17.7.